The van der Waals surface area contributed by atoms with Crippen molar-refractivity contribution in [3.05, 3.63) is 12.7 Å². The number of hydrogen-bond donors (Lipinski definition) is 4. The zero-order valence-corrected chi connectivity index (χ0v) is 38.9. The summed E-state index contributed by atoms with van der Waals surface area (Å²) >= 11 is 0. The fourth-order valence-electron chi connectivity index (χ4n) is 12.0. The van der Waals surface area contributed by atoms with E-state index in [0.717, 1.165) is 81.5 Å². The lowest BCUT2D eigenvalue weighted by Crippen LogP contribution is -2.63. The molecule has 4 N–H and O–H groups in total. The van der Waals surface area contributed by atoms with Gasteiger partial charge < -0.3 is 20.9 Å². The number of piperidine rings is 1. The van der Waals surface area contributed by atoms with E-state index in [4.69, 9.17) is 0 Å². The smallest absolute Gasteiger partial charge is 0.303 e. The Morgan fingerprint density at radius 2 is 1.47 bits per heavy atom. The van der Waals surface area contributed by atoms with Gasteiger partial charge >= 0.3 is 10.2 Å². The number of carbonyl (C=O) groups excluding carboxylic acids is 5. The van der Waals surface area contributed by atoms with E-state index in [1.165, 1.54) is 7.05 Å². The maximum atomic E-state index is 15.3. The summed E-state index contributed by atoms with van der Waals surface area (Å²) < 4.78 is 29.5. The van der Waals surface area contributed by atoms with Crippen LogP contribution in [0.4, 0.5) is 0 Å². The average molecular weight is 858 g/mol. The van der Waals surface area contributed by atoms with E-state index in [9.17, 15) is 27.6 Å². The van der Waals surface area contributed by atoms with Gasteiger partial charge in [-0.15, -0.1) is 6.58 Å². The van der Waals surface area contributed by atoms with Crippen molar-refractivity contribution in [1.29, 1.82) is 0 Å². The minimum atomic E-state index is -4.21. The Kier molecular flexibility index (Phi) is 12.8. The Hall–Kier alpha value is -3.04. The molecule has 60 heavy (non-hydrogen) atoms. The summed E-state index contributed by atoms with van der Waals surface area (Å²) in [6, 6.07) is -3.37. The number of fused-ring (bicyclic) bond motifs is 1. The molecule has 0 unspecified atom stereocenters. The predicted molar refractivity (Wildman–Crippen MR) is 231 cm³/mol. The first-order chi connectivity index (χ1) is 27.9. The highest BCUT2D eigenvalue weighted by atomic mass is 32.2. The highest BCUT2D eigenvalue weighted by molar-refractivity contribution is 7.87. The van der Waals surface area contributed by atoms with Crippen molar-refractivity contribution in [2.24, 2.45) is 33.5 Å². The Bertz CT molecular complexity index is 1820. The second kappa shape index (κ2) is 16.6. The molecule has 2 aliphatic heterocycles. The van der Waals surface area contributed by atoms with Gasteiger partial charge in [-0.3, -0.25) is 28.9 Å². The molecule has 0 bridgehead atoms. The van der Waals surface area contributed by atoms with Crippen LogP contribution < -0.4 is 20.7 Å². The first-order valence-electron chi connectivity index (χ1n) is 22.8. The number of hydrogen-bond acceptors (Lipinski definition) is 8. The van der Waals surface area contributed by atoms with Gasteiger partial charge in [0.25, 0.3) is 5.91 Å². The van der Waals surface area contributed by atoms with Gasteiger partial charge in [-0.2, -0.15) is 12.7 Å². The molecule has 6 rings (SSSR count). The van der Waals surface area contributed by atoms with Crippen molar-refractivity contribution < 1.29 is 32.4 Å². The van der Waals surface area contributed by atoms with Crippen molar-refractivity contribution in [3.63, 3.8) is 0 Å². The van der Waals surface area contributed by atoms with Crippen LogP contribution in [0.1, 0.15) is 146 Å². The second-order valence-electron chi connectivity index (χ2n) is 21.4. The third kappa shape index (κ3) is 7.94. The van der Waals surface area contributed by atoms with E-state index in [1.54, 1.807) is 24.8 Å². The maximum absolute atomic E-state index is 15.3. The summed E-state index contributed by atoms with van der Waals surface area (Å²) in [5, 5.41) is 9.30. The molecular weight excluding hydrogens is 783 g/mol. The quantitative estimate of drug-likeness (QED) is 0.186. The van der Waals surface area contributed by atoms with Gasteiger partial charge in [0.05, 0.1) is 6.04 Å². The van der Waals surface area contributed by atoms with E-state index in [2.05, 4.69) is 59.8 Å². The zero-order chi connectivity index (χ0) is 44.4. The minimum absolute atomic E-state index is 0.0266. The summed E-state index contributed by atoms with van der Waals surface area (Å²) in [6.45, 7) is 22.7. The number of carbonyl (C=O) groups is 5. The van der Waals surface area contributed by atoms with Gasteiger partial charge in [0, 0.05) is 37.0 Å². The number of rotatable bonds is 14. The van der Waals surface area contributed by atoms with Gasteiger partial charge in [0.2, 0.25) is 23.6 Å². The maximum Gasteiger partial charge on any atom is 0.303 e. The highest BCUT2D eigenvalue weighted by Gasteiger charge is 2.85. The second-order valence-corrected chi connectivity index (χ2v) is 23.1. The Balaban J connectivity index is 1.28. The van der Waals surface area contributed by atoms with Crippen LogP contribution in [0, 0.1) is 33.5 Å². The summed E-state index contributed by atoms with van der Waals surface area (Å²) in [4.78, 5) is 76.6. The van der Waals surface area contributed by atoms with Crippen molar-refractivity contribution in [2.75, 3.05) is 20.1 Å². The Morgan fingerprint density at radius 3 is 1.98 bits per heavy atom. The first-order valence-corrected chi connectivity index (χ1v) is 24.3. The Morgan fingerprint density at radius 1 is 0.833 bits per heavy atom. The summed E-state index contributed by atoms with van der Waals surface area (Å²) in [6.07, 6.45) is 12.5. The van der Waals surface area contributed by atoms with Crippen LogP contribution in [0.2, 0.25) is 0 Å². The van der Waals surface area contributed by atoms with Gasteiger partial charge in [-0.05, 0) is 108 Å². The van der Waals surface area contributed by atoms with Crippen LogP contribution in [0.15, 0.2) is 12.7 Å². The third-order valence-corrected chi connectivity index (χ3v) is 18.0. The summed E-state index contributed by atoms with van der Waals surface area (Å²) in [5.74, 6) is -2.87. The van der Waals surface area contributed by atoms with E-state index in [1.807, 2.05) is 20.8 Å². The third-order valence-electron chi connectivity index (χ3n) is 16.4. The predicted octanol–water partition coefficient (Wildman–Crippen LogP) is 4.40. The van der Waals surface area contributed by atoms with Crippen LogP contribution in [-0.4, -0.2) is 114 Å². The van der Waals surface area contributed by atoms with E-state index < -0.39 is 63.1 Å². The molecule has 15 heteroatoms. The van der Waals surface area contributed by atoms with Crippen LogP contribution in [0.25, 0.3) is 0 Å². The first kappa shape index (κ1) is 46.5. The summed E-state index contributed by atoms with van der Waals surface area (Å²) in [5.41, 5.74) is -2.85. The molecule has 2 saturated heterocycles. The van der Waals surface area contributed by atoms with Crippen LogP contribution in [0.5, 0.6) is 0 Å². The fourth-order valence-corrected chi connectivity index (χ4v) is 13.1. The normalized spacial score (nSPS) is 31.1. The van der Waals surface area contributed by atoms with Gasteiger partial charge in [-0.25, -0.2) is 4.72 Å². The van der Waals surface area contributed by atoms with Crippen molar-refractivity contribution in [2.45, 2.75) is 188 Å². The lowest BCUT2D eigenvalue weighted by atomic mass is 9.73. The largest absolute Gasteiger partial charge is 0.343 e. The molecule has 2 heterocycles. The molecule has 338 valence electrons. The highest BCUT2D eigenvalue weighted by Crippen LogP contribution is 2.88. The van der Waals surface area contributed by atoms with Crippen LogP contribution in [0.3, 0.4) is 0 Å². The fraction of sp³-hybridized carbons (Fsp3) is 0.844. The lowest BCUT2D eigenvalue weighted by molar-refractivity contribution is -0.145. The number of likely N-dealkylation sites (tertiary alicyclic amines) is 2. The molecule has 14 nitrogen and oxygen atoms in total. The molecule has 4 aliphatic carbocycles. The molecule has 0 aromatic carbocycles. The monoisotopic (exact) mass is 858 g/mol. The van der Waals surface area contributed by atoms with Crippen molar-refractivity contribution >= 4 is 39.7 Å². The van der Waals surface area contributed by atoms with Gasteiger partial charge in [-0.1, -0.05) is 72.8 Å². The standard InChI is InChI=1S/C45H75N7O7S/c1-12-31-25-45(31,40(57)49-60(58,59)50(11)28(2)3)48-37(54)33-26-44(42(9,10)43(44)22-18-23-43)27-52(33)39(56)35(41(6,7)8)47-38(55)34(30-19-14-13-15-20-30)46-36(53)32-21-16-17-24-51(32)29(4)5/h12,28-35H,1,13-27H2,2-11H3,(H,46,53)(H,47,55)(H,48,54)(H,49,57)/t31-,32+,33+,34+,35-,44-,45-/m1/s1. The van der Waals surface area contributed by atoms with E-state index in [-0.39, 0.29) is 58.4 Å². The molecule has 6 fully saturated rings. The molecule has 0 radical (unpaired) electrons. The topological polar surface area (TPSA) is 177 Å². The number of nitrogens with zero attached hydrogens (tertiary/aromatic N) is 3. The molecule has 6 aliphatic rings. The molecule has 2 spiro atoms. The minimum Gasteiger partial charge on any atom is -0.343 e. The van der Waals surface area contributed by atoms with Crippen molar-refractivity contribution in [3.8, 4) is 0 Å². The van der Waals surface area contributed by atoms with Crippen molar-refractivity contribution in [1.82, 2.24) is 34.8 Å². The summed E-state index contributed by atoms with van der Waals surface area (Å²) in [7, 11) is -2.83. The average Bonchev–Trinajstić information content (AvgIpc) is 3.89. The lowest BCUT2D eigenvalue weighted by Gasteiger charge is -2.40. The molecule has 7 atom stereocenters. The molecular formula is C45H75N7O7S. The number of nitrogens with one attached hydrogen (secondary N) is 4. The zero-order valence-electron chi connectivity index (χ0n) is 38.1. The molecule has 5 amide bonds. The molecule has 0 aromatic heterocycles. The van der Waals surface area contributed by atoms with Crippen LogP contribution in [-0.2, 0) is 34.2 Å². The van der Waals surface area contributed by atoms with Gasteiger partial charge in [0.15, 0.2) is 0 Å². The SMILES string of the molecule is C=C[C@@H]1C[C@]1(NC(=O)[C@@H]1C[C@@]2(CN1C(=O)[C@@H](NC(=O)[C@@H](NC(=O)[C@@H]1CCCCN1C(C)C)C1CCCCC1)C(C)(C)C)C(C)(C)C21CCC1)C(=O)NS(=O)(=O)N(C)C(C)C. The van der Waals surface area contributed by atoms with Crippen LogP contribution >= 0.6 is 0 Å². The Labute approximate surface area is 359 Å². The van der Waals surface area contributed by atoms with Gasteiger partial charge in [0.1, 0.15) is 23.7 Å². The van der Waals surface area contributed by atoms with E-state index in [0.29, 0.717) is 13.0 Å². The molecule has 0 aromatic rings. The number of amides is 5. The molecule has 4 saturated carbocycles. The van der Waals surface area contributed by atoms with E-state index >= 15 is 4.79 Å².